The highest BCUT2D eigenvalue weighted by Crippen LogP contribution is 2.36. The minimum absolute atomic E-state index is 0.459. The lowest BCUT2D eigenvalue weighted by molar-refractivity contribution is 0.182. The molecule has 0 heteroatoms. The van der Waals surface area contributed by atoms with Crippen molar-refractivity contribution in [2.75, 3.05) is 0 Å². The highest BCUT2D eigenvalue weighted by molar-refractivity contribution is 4.88. The van der Waals surface area contributed by atoms with Gasteiger partial charge in [0.05, 0.1) is 0 Å². The summed E-state index contributed by atoms with van der Waals surface area (Å²) in [5, 5.41) is 0. The van der Waals surface area contributed by atoms with E-state index in [-0.39, 0.29) is 0 Å². The predicted molar refractivity (Wildman–Crippen MR) is 55.9 cm³/mol. The van der Waals surface area contributed by atoms with Crippen molar-refractivity contribution in [1.29, 1.82) is 0 Å². The summed E-state index contributed by atoms with van der Waals surface area (Å²) >= 11 is 0. The van der Waals surface area contributed by atoms with Gasteiger partial charge in [-0.1, -0.05) is 34.1 Å². The Morgan fingerprint density at radius 2 is 1.92 bits per heavy atom. The van der Waals surface area contributed by atoms with Gasteiger partial charge in [-0.15, -0.1) is 12.3 Å². The van der Waals surface area contributed by atoms with E-state index in [0.29, 0.717) is 5.41 Å². The zero-order valence-corrected chi connectivity index (χ0v) is 8.98. The van der Waals surface area contributed by atoms with E-state index in [1.54, 1.807) is 0 Å². The quantitative estimate of drug-likeness (QED) is 0.544. The van der Waals surface area contributed by atoms with Crippen LogP contribution >= 0.6 is 0 Å². The Hall–Kier alpha value is -0.440. The zero-order valence-electron chi connectivity index (χ0n) is 8.98. The Bertz CT molecular complexity index is 150. The molecular formula is C12H22. The highest BCUT2D eigenvalue weighted by atomic mass is 14.3. The summed E-state index contributed by atoms with van der Waals surface area (Å²) in [6.07, 6.45) is 9.94. The molecule has 0 bridgehead atoms. The molecule has 0 aromatic rings. The first-order valence-corrected chi connectivity index (χ1v) is 5.00. The van der Waals surface area contributed by atoms with Gasteiger partial charge in [0.25, 0.3) is 0 Å². The van der Waals surface area contributed by atoms with Gasteiger partial charge in [0.2, 0.25) is 0 Å². The smallest absolute Gasteiger partial charge is 0.00913 e. The average Bonchev–Trinajstić information content (AvgIpc) is 2.01. The van der Waals surface area contributed by atoms with Gasteiger partial charge in [-0.25, -0.2) is 0 Å². The average molecular weight is 166 g/mol. The fraction of sp³-hybridized carbons (Fsp3) is 0.833. The van der Waals surface area contributed by atoms with E-state index >= 15 is 0 Å². The lowest BCUT2D eigenvalue weighted by Crippen LogP contribution is -2.23. The molecule has 0 aromatic carbocycles. The van der Waals surface area contributed by atoms with Crippen molar-refractivity contribution in [3.8, 4) is 12.3 Å². The van der Waals surface area contributed by atoms with Gasteiger partial charge in [0, 0.05) is 6.42 Å². The SMILES string of the molecule is C#CCCC(C)(CCC)C(C)C. The zero-order chi connectivity index (χ0) is 9.61. The molecular weight excluding hydrogens is 144 g/mol. The van der Waals surface area contributed by atoms with Crippen molar-refractivity contribution in [2.45, 2.75) is 53.4 Å². The maximum atomic E-state index is 5.28. The lowest BCUT2D eigenvalue weighted by atomic mass is 9.72. The van der Waals surface area contributed by atoms with Crippen LogP contribution in [0.1, 0.15) is 53.4 Å². The van der Waals surface area contributed by atoms with E-state index in [4.69, 9.17) is 6.42 Å². The van der Waals surface area contributed by atoms with Crippen LogP contribution in [0.15, 0.2) is 0 Å². The van der Waals surface area contributed by atoms with E-state index in [9.17, 15) is 0 Å². The summed E-state index contributed by atoms with van der Waals surface area (Å²) in [4.78, 5) is 0. The fourth-order valence-corrected chi connectivity index (χ4v) is 1.63. The largest absolute Gasteiger partial charge is 0.120 e. The van der Waals surface area contributed by atoms with E-state index in [1.165, 1.54) is 19.3 Å². The van der Waals surface area contributed by atoms with Gasteiger partial charge in [0.15, 0.2) is 0 Å². The van der Waals surface area contributed by atoms with Gasteiger partial charge in [0.1, 0.15) is 0 Å². The van der Waals surface area contributed by atoms with Crippen LogP contribution in [0, 0.1) is 23.7 Å². The van der Waals surface area contributed by atoms with Crippen LogP contribution in [-0.4, -0.2) is 0 Å². The minimum Gasteiger partial charge on any atom is -0.120 e. The number of hydrogen-bond donors (Lipinski definition) is 0. The maximum Gasteiger partial charge on any atom is 0.00913 e. The van der Waals surface area contributed by atoms with Crippen molar-refractivity contribution in [3.63, 3.8) is 0 Å². The van der Waals surface area contributed by atoms with Crippen LogP contribution in [0.25, 0.3) is 0 Å². The molecule has 0 aliphatic carbocycles. The molecule has 0 spiro atoms. The van der Waals surface area contributed by atoms with Crippen molar-refractivity contribution in [1.82, 2.24) is 0 Å². The Kier molecular flexibility index (Phi) is 5.06. The molecule has 0 N–H and O–H groups in total. The summed E-state index contributed by atoms with van der Waals surface area (Å²) in [7, 11) is 0. The van der Waals surface area contributed by atoms with Crippen molar-refractivity contribution in [3.05, 3.63) is 0 Å². The van der Waals surface area contributed by atoms with Crippen LogP contribution in [-0.2, 0) is 0 Å². The molecule has 0 fully saturated rings. The summed E-state index contributed by atoms with van der Waals surface area (Å²) in [5.41, 5.74) is 0.459. The molecule has 0 heterocycles. The first-order chi connectivity index (χ1) is 5.56. The van der Waals surface area contributed by atoms with E-state index in [0.717, 1.165) is 12.3 Å². The second-order valence-corrected chi connectivity index (χ2v) is 4.26. The Labute approximate surface area is 77.8 Å². The van der Waals surface area contributed by atoms with Crippen LogP contribution in [0.5, 0.6) is 0 Å². The minimum atomic E-state index is 0.459. The molecule has 0 rings (SSSR count). The third-order valence-corrected chi connectivity index (χ3v) is 3.06. The topological polar surface area (TPSA) is 0 Å². The lowest BCUT2D eigenvalue weighted by Gasteiger charge is -2.33. The van der Waals surface area contributed by atoms with Gasteiger partial charge < -0.3 is 0 Å². The fourth-order valence-electron chi connectivity index (χ4n) is 1.63. The molecule has 12 heavy (non-hydrogen) atoms. The maximum absolute atomic E-state index is 5.28. The van der Waals surface area contributed by atoms with Crippen LogP contribution < -0.4 is 0 Å². The Morgan fingerprint density at radius 3 is 2.25 bits per heavy atom. The molecule has 1 unspecified atom stereocenters. The second kappa shape index (κ2) is 5.25. The normalized spacial score (nSPS) is 15.7. The van der Waals surface area contributed by atoms with Gasteiger partial charge in [-0.05, 0) is 24.2 Å². The monoisotopic (exact) mass is 166 g/mol. The van der Waals surface area contributed by atoms with Gasteiger partial charge >= 0.3 is 0 Å². The molecule has 0 radical (unpaired) electrons. The van der Waals surface area contributed by atoms with E-state index < -0.39 is 0 Å². The van der Waals surface area contributed by atoms with Crippen molar-refractivity contribution >= 4 is 0 Å². The number of rotatable bonds is 5. The van der Waals surface area contributed by atoms with E-state index in [2.05, 4.69) is 33.6 Å². The third kappa shape index (κ3) is 3.30. The van der Waals surface area contributed by atoms with Crippen LogP contribution in [0.3, 0.4) is 0 Å². The first-order valence-electron chi connectivity index (χ1n) is 5.00. The molecule has 0 aliphatic rings. The van der Waals surface area contributed by atoms with Gasteiger partial charge in [-0.2, -0.15) is 0 Å². The van der Waals surface area contributed by atoms with Gasteiger partial charge in [-0.3, -0.25) is 0 Å². The Morgan fingerprint density at radius 1 is 1.33 bits per heavy atom. The molecule has 0 nitrogen and oxygen atoms in total. The molecule has 0 aliphatic heterocycles. The second-order valence-electron chi connectivity index (χ2n) is 4.26. The molecule has 70 valence electrons. The predicted octanol–water partition coefficient (Wildman–Crippen LogP) is 3.86. The van der Waals surface area contributed by atoms with Crippen LogP contribution in [0.2, 0.25) is 0 Å². The van der Waals surface area contributed by atoms with Crippen molar-refractivity contribution in [2.24, 2.45) is 11.3 Å². The van der Waals surface area contributed by atoms with Crippen LogP contribution in [0.4, 0.5) is 0 Å². The molecule has 1 atom stereocenters. The summed E-state index contributed by atoms with van der Waals surface area (Å²) in [6.45, 7) is 9.20. The number of terminal acetylenes is 1. The summed E-state index contributed by atoms with van der Waals surface area (Å²) in [5.74, 6) is 3.48. The Balaban J connectivity index is 4.10. The standard InChI is InChI=1S/C12H22/c1-6-8-10-12(5,9-7-2)11(3)4/h1,11H,7-10H2,2-5H3. The van der Waals surface area contributed by atoms with Crippen molar-refractivity contribution < 1.29 is 0 Å². The summed E-state index contributed by atoms with van der Waals surface area (Å²) in [6, 6.07) is 0. The number of hydrogen-bond acceptors (Lipinski definition) is 0. The molecule has 0 saturated heterocycles. The molecule has 0 aromatic heterocycles. The summed E-state index contributed by atoms with van der Waals surface area (Å²) < 4.78 is 0. The third-order valence-electron chi connectivity index (χ3n) is 3.06. The van der Waals surface area contributed by atoms with E-state index in [1.807, 2.05) is 0 Å². The first kappa shape index (κ1) is 11.6. The molecule has 0 saturated carbocycles. The highest BCUT2D eigenvalue weighted by Gasteiger charge is 2.26. The molecule has 0 amide bonds.